The summed E-state index contributed by atoms with van der Waals surface area (Å²) in [6.45, 7) is 4.65. The summed E-state index contributed by atoms with van der Waals surface area (Å²) in [5.74, 6) is 1.43. The number of aliphatic hydroxyl groups is 1. The Labute approximate surface area is 150 Å². The van der Waals surface area contributed by atoms with Gasteiger partial charge in [0.05, 0.1) is 12.8 Å². The number of benzene rings is 1. The van der Waals surface area contributed by atoms with Crippen molar-refractivity contribution >= 4 is 34.0 Å². The van der Waals surface area contributed by atoms with Crippen LogP contribution in [0, 0.1) is 13.8 Å². The second kappa shape index (κ2) is 6.61. The number of rotatable bonds is 5. The van der Waals surface area contributed by atoms with Gasteiger partial charge in [0.1, 0.15) is 23.2 Å². The summed E-state index contributed by atoms with van der Waals surface area (Å²) in [4.78, 5) is 13.6. The Hall–Kier alpha value is -3.19. The van der Waals surface area contributed by atoms with E-state index in [1.807, 2.05) is 22.6 Å². The van der Waals surface area contributed by atoms with E-state index in [1.165, 1.54) is 0 Å². The molecule has 1 aromatic carbocycles. The third-order valence-corrected chi connectivity index (χ3v) is 4.34. The summed E-state index contributed by atoms with van der Waals surface area (Å²) in [6, 6.07) is 9.96. The van der Waals surface area contributed by atoms with E-state index in [0.717, 1.165) is 33.7 Å². The van der Waals surface area contributed by atoms with Crippen molar-refractivity contribution in [2.75, 3.05) is 23.8 Å². The smallest absolute Gasteiger partial charge is 0.166 e. The number of hydrogen-bond donors (Lipinski definition) is 3. The molecule has 4 aromatic rings. The zero-order valence-electron chi connectivity index (χ0n) is 14.7. The van der Waals surface area contributed by atoms with E-state index in [1.54, 1.807) is 12.5 Å². The van der Waals surface area contributed by atoms with Crippen LogP contribution in [0.25, 0.3) is 16.7 Å². The molecule has 0 atom stereocenters. The lowest BCUT2D eigenvalue weighted by atomic mass is 10.1. The van der Waals surface area contributed by atoms with Gasteiger partial charge in [0.2, 0.25) is 0 Å². The number of pyridine rings is 1. The van der Waals surface area contributed by atoms with Gasteiger partial charge in [0.15, 0.2) is 11.5 Å². The fraction of sp³-hybridized carbons (Fsp3) is 0.211. The highest BCUT2D eigenvalue weighted by Gasteiger charge is 2.12. The summed E-state index contributed by atoms with van der Waals surface area (Å²) in [5, 5.41) is 15.5. The molecule has 26 heavy (non-hydrogen) atoms. The molecule has 3 N–H and O–H groups in total. The number of nitrogens with zero attached hydrogens (tertiary/aromatic N) is 4. The molecule has 0 aliphatic rings. The highest BCUT2D eigenvalue weighted by atomic mass is 16.3. The van der Waals surface area contributed by atoms with E-state index in [2.05, 4.69) is 46.6 Å². The van der Waals surface area contributed by atoms with Crippen LogP contribution in [0.1, 0.15) is 11.1 Å². The number of nitrogens with one attached hydrogen (secondary N) is 2. The van der Waals surface area contributed by atoms with Gasteiger partial charge in [-0.2, -0.15) is 0 Å². The fourth-order valence-corrected chi connectivity index (χ4v) is 3.03. The number of para-hydroxylation sites is 1. The van der Waals surface area contributed by atoms with E-state index in [9.17, 15) is 0 Å². The lowest BCUT2D eigenvalue weighted by Gasteiger charge is -2.14. The van der Waals surface area contributed by atoms with Gasteiger partial charge in [-0.05, 0) is 37.1 Å². The van der Waals surface area contributed by atoms with Crippen LogP contribution in [-0.4, -0.2) is 37.6 Å². The summed E-state index contributed by atoms with van der Waals surface area (Å²) in [5.41, 5.74) is 5.70. The quantitative estimate of drug-likeness (QED) is 0.514. The lowest BCUT2D eigenvalue weighted by Crippen LogP contribution is -2.08. The van der Waals surface area contributed by atoms with Crippen molar-refractivity contribution < 1.29 is 5.11 Å². The maximum Gasteiger partial charge on any atom is 0.166 e. The monoisotopic (exact) mass is 348 g/mol. The molecule has 0 aliphatic heterocycles. The third-order valence-electron chi connectivity index (χ3n) is 4.34. The van der Waals surface area contributed by atoms with E-state index in [0.29, 0.717) is 18.0 Å². The molecule has 0 saturated heterocycles. The normalized spacial score (nSPS) is 11.2. The Kier molecular flexibility index (Phi) is 4.14. The standard InChI is InChI=1S/C19H20N6O/c1-12-4-3-5-13(2)17(12)24-18-15-10-20-11-25(15)19-14(22-18)6-7-16(23-19)21-8-9-26/h3-7,10-11,26H,8-9H2,1-2H3,(H,21,23)(H,22,24). The van der Waals surface area contributed by atoms with E-state index in [-0.39, 0.29) is 6.61 Å². The van der Waals surface area contributed by atoms with Gasteiger partial charge in [0.25, 0.3) is 0 Å². The minimum atomic E-state index is 0.0527. The number of aliphatic hydroxyl groups excluding tert-OH is 1. The molecular formula is C19H20N6O. The molecule has 3 aromatic heterocycles. The number of aryl methyl sites for hydroxylation is 2. The second-order valence-corrected chi connectivity index (χ2v) is 6.19. The van der Waals surface area contributed by atoms with Crippen LogP contribution in [0.15, 0.2) is 42.9 Å². The minimum Gasteiger partial charge on any atom is -0.395 e. The maximum atomic E-state index is 8.97. The molecule has 0 bridgehead atoms. The zero-order valence-corrected chi connectivity index (χ0v) is 14.7. The van der Waals surface area contributed by atoms with Crippen LogP contribution in [0.5, 0.6) is 0 Å². The molecule has 0 radical (unpaired) electrons. The molecule has 3 heterocycles. The Morgan fingerprint density at radius 3 is 2.65 bits per heavy atom. The van der Waals surface area contributed by atoms with Crippen molar-refractivity contribution in [1.29, 1.82) is 0 Å². The Morgan fingerprint density at radius 1 is 1.08 bits per heavy atom. The molecule has 0 spiro atoms. The lowest BCUT2D eigenvalue weighted by molar-refractivity contribution is 0.311. The van der Waals surface area contributed by atoms with Crippen molar-refractivity contribution in [2.45, 2.75) is 13.8 Å². The van der Waals surface area contributed by atoms with Gasteiger partial charge in [-0.15, -0.1) is 0 Å². The van der Waals surface area contributed by atoms with Crippen LogP contribution in [-0.2, 0) is 0 Å². The number of fused-ring (bicyclic) bond motifs is 3. The predicted octanol–water partition coefficient (Wildman–Crippen LogP) is 3.04. The summed E-state index contributed by atoms with van der Waals surface area (Å²) in [7, 11) is 0. The van der Waals surface area contributed by atoms with E-state index >= 15 is 0 Å². The van der Waals surface area contributed by atoms with Gasteiger partial charge in [0, 0.05) is 12.2 Å². The fourth-order valence-electron chi connectivity index (χ4n) is 3.03. The van der Waals surface area contributed by atoms with Crippen molar-refractivity contribution in [3.05, 3.63) is 54.0 Å². The van der Waals surface area contributed by atoms with Gasteiger partial charge in [-0.1, -0.05) is 18.2 Å². The second-order valence-electron chi connectivity index (χ2n) is 6.19. The zero-order chi connectivity index (χ0) is 18.1. The number of imidazole rings is 1. The molecular weight excluding hydrogens is 328 g/mol. The molecule has 7 nitrogen and oxygen atoms in total. The van der Waals surface area contributed by atoms with Gasteiger partial charge in [-0.3, -0.25) is 4.40 Å². The van der Waals surface area contributed by atoms with Gasteiger partial charge < -0.3 is 15.7 Å². The predicted molar refractivity (Wildman–Crippen MR) is 103 cm³/mol. The van der Waals surface area contributed by atoms with E-state index in [4.69, 9.17) is 10.1 Å². The van der Waals surface area contributed by atoms with Crippen LogP contribution in [0.2, 0.25) is 0 Å². The number of aromatic nitrogens is 4. The van der Waals surface area contributed by atoms with Gasteiger partial charge >= 0.3 is 0 Å². The van der Waals surface area contributed by atoms with Crippen molar-refractivity contribution in [1.82, 2.24) is 19.4 Å². The largest absolute Gasteiger partial charge is 0.395 e. The SMILES string of the molecule is Cc1cccc(C)c1Nc1nc2ccc(NCCO)nc2n2cncc12. The molecule has 0 aliphatic carbocycles. The molecule has 132 valence electrons. The first-order valence-corrected chi connectivity index (χ1v) is 8.48. The molecule has 0 fully saturated rings. The molecule has 0 saturated carbocycles. The molecule has 4 rings (SSSR count). The van der Waals surface area contributed by atoms with Crippen molar-refractivity contribution in [2.24, 2.45) is 0 Å². The Balaban J connectivity index is 1.84. The first kappa shape index (κ1) is 16.3. The first-order chi connectivity index (χ1) is 12.7. The first-order valence-electron chi connectivity index (χ1n) is 8.48. The van der Waals surface area contributed by atoms with Crippen LogP contribution in [0.3, 0.4) is 0 Å². The number of anilines is 3. The van der Waals surface area contributed by atoms with Gasteiger partial charge in [-0.25, -0.2) is 15.0 Å². The topological polar surface area (TPSA) is 87.4 Å². The van der Waals surface area contributed by atoms with Crippen molar-refractivity contribution in [3.8, 4) is 0 Å². The Morgan fingerprint density at radius 2 is 1.88 bits per heavy atom. The molecule has 7 heteroatoms. The third kappa shape index (κ3) is 2.82. The Bertz CT molecular complexity index is 1070. The average Bonchev–Trinajstić information content (AvgIpc) is 3.13. The highest BCUT2D eigenvalue weighted by Crippen LogP contribution is 2.28. The molecule has 0 amide bonds. The summed E-state index contributed by atoms with van der Waals surface area (Å²) >= 11 is 0. The van der Waals surface area contributed by atoms with Crippen LogP contribution in [0.4, 0.5) is 17.3 Å². The van der Waals surface area contributed by atoms with E-state index < -0.39 is 0 Å². The number of hydrogen-bond acceptors (Lipinski definition) is 6. The van der Waals surface area contributed by atoms with Crippen LogP contribution < -0.4 is 10.6 Å². The summed E-state index contributed by atoms with van der Waals surface area (Å²) < 4.78 is 1.92. The maximum absolute atomic E-state index is 8.97. The van der Waals surface area contributed by atoms with Crippen molar-refractivity contribution in [3.63, 3.8) is 0 Å². The van der Waals surface area contributed by atoms with Crippen LogP contribution >= 0.6 is 0 Å². The highest BCUT2D eigenvalue weighted by molar-refractivity contribution is 5.85. The average molecular weight is 348 g/mol. The minimum absolute atomic E-state index is 0.0527. The molecule has 0 unspecified atom stereocenters. The summed E-state index contributed by atoms with van der Waals surface area (Å²) in [6.07, 6.45) is 3.51.